The minimum atomic E-state index is 0.0852. The molecular weight excluding hydrogens is 310 g/mol. The summed E-state index contributed by atoms with van der Waals surface area (Å²) in [5.74, 6) is 0.423. The Bertz CT molecular complexity index is 816. The van der Waals surface area contributed by atoms with Gasteiger partial charge in [-0.05, 0) is 16.8 Å². The number of rotatable bonds is 7. The summed E-state index contributed by atoms with van der Waals surface area (Å²) < 4.78 is 6.94. The third kappa shape index (κ3) is 3.78. The first-order valence-electron chi connectivity index (χ1n) is 7.29. The summed E-state index contributed by atoms with van der Waals surface area (Å²) in [6.45, 7) is 1.26. The highest BCUT2D eigenvalue weighted by Crippen LogP contribution is 2.20. The van der Waals surface area contributed by atoms with E-state index in [0.717, 1.165) is 21.5 Å². The first kappa shape index (κ1) is 15.7. The van der Waals surface area contributed by atoms with Gasteiger partial charge in [0.25, 0.3) is 0 Å². The van der Waals surface area contributed by atoms with Gasteiger partial charge in [0.2, 0.25) is 0 Å². The van der Waals surface area contributed by atoms with Crippen LogP contribution in [0.4, 0.5) is 0 Å². The van der Waals surface area contributed by atoms with Crippen LogP contribution in [0.3, 0.4) is 0 Å². The van der Waals surface area contributed by atoms with Crippen molar-refractivity contribution in [1.82, 2.24) is 14.8 Å². The molecule has 0 spiro atoms. The van der Waals surface area contributed by atoms with Gasteiger partial charge in [-0.15, -0.1) is 10.2 Å². The number of benzene rings is 2. The van der Waals surface area contributed by atoms with Gasteiger partial charge >= 0.3 is 0 Å². The predicted octanol–water partition coefficient (Wildman–Crippen LogP) is 3.05. The van der Waals surface area contributed by atoms with Gasteiger partial charge in [0.15, 0.2) is 10.9 Å². The van der Waals surface area contributed by atoms with Crippen LogP contribution in [0.5, 0.6) is 0 Å². The molecular formula is C17H17N3O2S. The Kier molecular flexibility index (Phi) is 5.05. The second-order valence-electron chi connectivity index (χ2n) is 5.07. The van der Waals surface area contributed by atoms with E-state index in [0.29, 0.717) is 18.9 Å². The van der Waals surface area contributed by atoms with Gasteiger partial charge in [-0.3, -0.25) is 4.79 Å². The van der Waals surface area contributed by atoms with Gasteiger partial charge in [-0.25, -0.2) is 0 Å². The number of Topliss-reactive ketones (excluding diaryl/α,β-unsaturated/α-hetero) is 1. The number of ether oxygens (including phenoxy) is 1. The fraction of sp³-hybridized carbons (Fsp3) is 0.235. The average molecular weight is 327 g/mol. The van der Waals surface area contributed by atoms with Crippen molar-refractivity contribution >= 4 is 28.3 Å². The molecule has 5 nitrogen and oxygen atoms in total. The van der Waals surface area contributed by atoms with Crippen LogP contribution in [-0.2, 0) is 11.3 Å². The largest absolute Gasteiger partial charge is 0.383 e. The lowest BCUT2D eigenvalue weighted by Crippen LogP contribution is -2.07. The number of hydrogen-bond donors (Lipinski definition) is 0. The van der Waals surface area contributed by atoms with Crippen molar-refractivity contribution in [2.45, 2.75) is 11.7 Å². The average Bonchev–Trinajstić information content (AvgIpc) is 3.04. The van der Waals surface area contributed by atoms with E-state index in [1.54, 1.807) is 13.4 Å². The lowest BCUT2D eigenvalue weighted by molar-refractivity contribution is 0.102. The highest BCUT2D eigenvalue weighted by Gasteiger charge is 2.11. The van der Waals surface area contributed by atoms with Gasteiger partial charge in [0, 0.05) is 19.2 Å². The molecule has 6 heteroatoms. The number of carbonyl (C=O) groups is 1. The number of nitrogens with zero attached hydrogens (tertiary/aromatic N) is 3. The van der Waals surface area contributed by atoms with Crippen LogP contribution in [0.1, 0.15) is 10.4 Å². The Hall–Kier alpha value is -2.18. The minimum Gasteiger partial charge on any atom is -0.383 e. The molecule has 0 saturated carbocycles. The Morgan fingerprint density at radius 3 is 2.87 bits per heavy atom. The minimum absolute atomic E-state index is 0.0852. The molecule has 0 bridgehead atoms. The molecule has 0 saturated heterocycles. The zero-order valence-electron chi connectivity index (χ0n) is 12.8. The van der Waals surface area contributed by atoms with Crippen LogP contribution in [0.25, 0.3) is 10.8 Å². The standard InChI is InChI=1S/C17H17N3O2S/c1-22-9-8-20-12-18-19-17(20)23-11-16(21)15-7-6-13-4-2-3-5-14(13)10-15/h2-7,10,12H,8-9,11H2,1H3. The fourth-order valence-corrected chi connectivity index (χ4v) is 3.11. The van der Waals surface area contributed by atoms with E-state index in [2.05, 4.69) is 10.2 Å². The van der Waals surface area contributed by atoms with Crippen molar-refractivity contribution in [3.63, 3.8) is 0 Å². The van der Waals surface area contributed by atoms with Crippen molar-refractivity contribution in [1.29, 1.82) is 0 Å². The maximum absolute atomic E-state index is 12.4. The summed E-state index contributed by atoms with van der Waals surface area (Å²) >= 11 is 1.40. The van der Waals surface area contributed by atoms with Crippen molar-refractivity contribution in [3.05, 3.63) is 54.4 Å². The first-order valence-corrected chi connectivity index (χ1v) is 8.28. The van der Waals surface area contributed by atoms with Gasteiger partial charge in [0.05, 0.1) is 12.4 Å². The monoisotopic (exact) mass is 327 g/mol. The molecule has 0 unspecified atom stereocenters. The number of aromatic nitrogens is 3. The maximum atomic E-state index is 12.4. The Labute approximate surface area is 138 Å². The summed E-state index contributed by atoms with van der Waals surface area (Å²) in [4.78, 5) is 12.4. The van der Waals surface area contributed by atoms with E-state index >= 15 is 0 Å². The van der Waals surface area contributed by atoms with Crippen molar-refractivity contribution in [2.75, 3.05) is 19.5 Å². The third-order valence-corrected chi connectivity index (χ3v) is 4.50. The van der Waals surface area contributed by atoms with E-state index in [1.165, 1.54) is 11.8 Å². The quantitative estimate of drug-likeness (QED) is 0.493. The van der Waals surface area contributed by atoms with E-state index < -0.39 is 0 Å². The molecule has 0 aliphatic heterocycles. The van der Waals surface area contributed by atoms with Gasteiger partial charge in [-0.1, -0.05) is 48.2 Å². The summed E-state index contributed by atoms with van der Waals surface area (Å²) in [6.07, 6.45) is 1.65. The van der Waals surface area contributed by atoms with E-state index in [1.807, 2.05) is 47.0 Å². The fourth-order valence-electron chi connectivity index (χ4n) is 2.28. The highest BCUT2D eigenvalue weighted by molar-refractivity contribution is 7.99. The maximum Gasteiger partial charge on any atom is 0.191 e. The van der Waals surface area contributed by atoms with Gasteiger partial charge in [-0.2, -0.15) is 0 Å². The number of fused-ring (bicyclic) bond motifs is 1. The normalized spacial score (nSPS) is 11.0. The Morgan fingerprint density at radius 2 is 2.04 bits per heavy atom. The molecule has 23 heavy (non-hydrogen) atoms. The van der Waals surface area contributed by atoms with E-state index in [4.69, 9.17) is 4.74 Å². The lowest BCUT2D eigenvalue weighted by atomic mass is 10.1. The molecule has 3 rings (SSSR count). The second-order valence-corrected chi connectivity index (χ2v) is 6.02. The van der Waals surface area contributed by atoms with Gasteiger partial charge in [0.1, 0.15) is 6.33 Å². The second kappa shape index (κ2) is 7.39. The van der Waals surface area contributed by atoms with E-state index in [9.17, 15) is 4.79 Å². The van der Waals surface area contributed by atoms with Crippen LogP contribution in [0, 0.1) is 0 Å². The zero-order chi connectivity index (χ0) is 16.1. The number of hydrogen-bond acceptors (Lipinski definition) is 5. The third-order valence-electron chi connectivity index (χ3n) is 3.52. The van der Waals surface area contributed by atoms with Crippen LogP contribution < -0.4 is 0 Å². The molecule has 3 aromatic rings. The molecule has 1 aromatic heterocycles. The smallest absolute Gasteiger partial charge is 0.191 e. The predicted molar refractivity (Wildman–Crippen MR) is 90.9 cm³/mol. The molecule has 0 aliphatic carbocycles. The van der Waals surface area contributed by atoms with Gasteiger partial charge < -0.3 is 9.30 Å². The van der Waals surface area contributed by atoms with Crippen LogP contribution >= 0.6 is 11.8 Å². The number of ketones is 1. The summed E-state index contributed by atoms with van der Waals surface area (Å²) in [7, 11) is 1.65. The summed E-state index contributed by atoms with van der Waals surface area (Å²) in [6, 6.07) is 13.8. The lowest BCUT2D eigenvalue weighted by Gasteiger charge is -2.06. The van der Waals surface area contributed by atoms with Crippen LogP contribution in [-0.4, -0.2) is 40.0 Å². The van der Waals surface area contributed by atoms with Crippen molar-refractivity contribution in [3.8, 4) is 0 Å². The van der Waals surface area contributed by atoms with Crippen LogP contribution in [0.15, 0.2) is 53.9 Å². The SMILES string of the molecule is COCCn1cnnc1SCC(=O)c1ccc2ccccc2c1. The molecule has 118 valence electrons. The van der Waals surface area contributed by atoms with E-state index in [-0.39, 0.29) is 5.78 Å². The Balaban J connectivity index is 1.67. The summed E-state index contributed by atoms with van der Waals surface area (Å²) in [5.41, 5.74) is 0.721. The van der Waals surface area contributed by atoms with Crippen molar-refractivity contribution < 1.29 is 9.53 Å². The topological polar surface area (TPSA) is 57.0 Å². The number of carbonyl (C=O) groups excluding carboxylic acids is 1. The molecule has 0 aliphatic rings. The molecule has 0 amide bonds. The number of methoxy groups -OCH3 is 1. The molecule has 0 N–H and O–H groups in total. The highest BCUT2D eigenvalue weighted by atomic mass is 32.2. The Morgan fingerprint density at radius 1 is 1.22 bits per heavy atom. The molecule has 0 radical (unpaired) electrons. The molecule has 1 heterocycles. The number of thioether (sulfide) groups is 1. The first-order chi connectivity index (χ1) is 11.3. The summed E-state index contributed by atoms with van der Waals surface area (Å²) in [5, 5.41) is 10.9. The van der Waals surface area contributed by atoms with Crippen LogP contribution in [0.2, 0.25) is 0 Å². The zero-order valence-corrected chi connectivity index (χ0v) is 13.6. The van der Waals surface area contributed by atoms with Crippen molar-refractivity contribution in [2.24, 2.45) is 0 Å². The molecule has 2 aromatic carbocycles. The molecule has 0 atom stereocenters. The molecule has 0 fully saturated rings.